The third-order valence-electron chi connectivity index (χ3n) is 1.39. The molecular weight excluding hydrogens is 231 g/mol. The van der Waals surface area contributed by atoms with Crippen molar-refractivity contribution in [2.75, 3.05) is 13.2 Å². The summed E-state index contributed by atoms with van der Waals surface area (Å²) in [5.41, 5.74) is 2.27. The van der Waals surface area contributed by atoms with E-state index < -0.39 is 11.9 Å². The van der Waals surface area contributed by atoms with Crippen molar-refractivity contribution >= 4 is 19.9 Å². The van der Waals surface area contributed by atoms with Crippen LogP contribution in [0.3, 0.4) is 0 Å². The Bertz CT molecular complexity index is 354. The molecule has 0 heterocycles. The fraction of sp³-hybridized carbons (Fsp3) is 0.500. The minimum absolute atomic E-state index is 0.108. The number of esters is 2. The molecule has 0 aromatic rings. The second-order valence-corrected chi connectivity index (χ2v) is 3.17. The Morgan fingerprint density at radius 1 is 1.31 bits per heavy atom. The first-order chi connectivity index (χ1) is 7.70. The Labute approximate surface area is 94.9 Å². The van der Waals surface area contributed by atoms with E-state index in [0.717, 1.165) is 0 Å². The molecule has 0 N–H and O–H groups in total. The third-order valence-corrected chi connectivity index (χ3v) is 1.67. The van der Waals surface area contributed by atoms with E-state index in [4.69, 9.17) is 9.47 Å². The van der Waals surface area contributed by atoms with Crippen LogP contribution in [-0.2, 0) is 23.6 Å². The topological polar surface area (TPSA) is 69.7 Å². The Balaban J connectivity index is 3.45. The van der Waals surface area contributed by atoms with E-state index in [2.05, 4.69) is 5.63 Å². The molecule has 88 valence electrons. The number of rotatable bonds is 6. The maximum atomic E-state index is 10.9. The van der Waals surface area contributed by atoms with E-state index in [1.165, 1.54) is 6.08 Å². The number of carbonyl (C=O) groups is 2. The van der Waals surface area contributed by atoms with Gasteiger partial charge in [0, 0.05) is 0 Å². The molecule has 0 aliphatic rings. The number of ether oxygens (including phenoxy) is 2. The fourth-order valence-corrected chi connectivity index (χ4v) is 0.943. The van der Waals surface area contributed by atoms with Gasteiger partial charge in [-0.3, -0.25) is 0 Å². The summed E-state index contributed by atoms with van der Waals surface area (Å²) in [6.45, 7) is 2.08. The van der Waals surface area contributed by atoms with Crippen LogP contribution in [0.25, 0.3) is 0 Å². The van der Waals surface area contributed by atoms with Crippen LogP contribution in [0.1, 0.15) is 19.8 Å². The SMILES string of the molecule is CC=CC(=O)OCCCOC(=O)CC#P=O. The van der Waals surface area contributed by atoms with E-state index in [1.54, 1.807) is 13.0 Å². The van der Waals surface area contributed by atoms with Gasteiger partial charge in [0.2, 0.25) is 0 Å². The quantitative estimate of drug-likeness (QED) is 0.307. The van der Waals surface area contributed by atoms with Crippen molar-refractivity contribution in [2.24, 2.45) is 0 Å². The molecule has 16 heavy (non-hydrogen) atoms. The molecule has 0 spiro atoms. The van der Waals surface area contributed by atoms with Crippen LogP contribution >= 0.6 is 7.92 Å². The predicted octanol–water partition coefficient (Wildman–Crippen LogP) is 1.68. The minimum atomic E-state index is -0.497. The molecule has 0 aromatic heterocycles. The fourth-order valence-electron chi connectivity index (χ4n) is 0.750. The van der Waals surface area contributed by atoms with Gasteiger partial charge in [-0.05, 0) is 0 Å². The van der Waals surface area contributed by atoms with Crippen molar-refractivity contribution in [3.63, 3.8) is 0 Å². The van der Waals surface area contributed by atoms with E-state index in [-0.39, 0.29) is 27.6 Å². The molecule has 0 atom stereocenters. The summed E-state index contributed by atoms with van der Waals surface area (Å²) >= 11 is 0. The monoisotopic (exact) mass is 244 g/mol. The predicted molar refractivity (Wildman–Crippen MR) is 57.5 cm³/mol. The first kappa shape index (κ1) is 14.7. The number of hydrogen-bond donors (Lipinski definition) is 0. The van der Waals surface area contributed by atoms with Gasteiger partial charge in [0.1, 0.15) is 0 Å². The summed E-state index contributed by atoms with van der Waals surface area (Å²) in [5.74, 6) is -0.913. The summed E-state index contributed by atoms with van der Waals surface area (Å²) in [6, 6.07) is 0. The molecule has 0 fully saturated rings. The molecule has 0 radical (unpaired) electrons. The van der Waals surface area contributed by atoms with Crippen molar-refractivity contribution in [1.82, 2.24) is 0 Å². The molecule has 5 nitrogen and oxygen atoms in total. The van der Waals surface area contributed by atoms with E-state index in [9.17, 15) is 14.2 Å². The first-order valence-corrected chi connectivity index (χ1v) is 5.52. The normalized spacial score (nSPS) is 9.56. The molecular formula is C10H13O5P. The average Bonchev–Trinajstić information content (AvgIpc) is 2.26. The summed E-state index contributed by atoms with van der Waals surface area (Å²) < 4.78 is 19.4. The molecule has 0 aliphatic heterocycles. The van der Waals surface area contributed by atoms with Gasteiger partial charge < -0.3 is 0 Å². The molecule has 0 unspecified atom stereocenters. The van der Waals surface area contributed by atoms with Crippen LogP contribution in [0, 0.1) is 5.63 Å². The summed E-state index contributed by atoms with van der Waals surface area (Å²) in [6.07, 6.45) is 3.22. The van der Waals surface area contributed by atoms with Crippen molar-refractivity contribution in [3.05, 3.63) is 12.2 Å². The van der Waals surface area contributed by atoms with Gasteiger partial charge in [-0.1, -0.05) is 0 Å². The molecule has 0 saturated heterocycles. The van der Waals surface area contributed by atoms with Crippen molar-refractivity contribution in [2.45, 2.75) is 19.8 Å². The van der Waals surface area contributed by atoms with Gasteiger partial charge in [-0.2, -0.15) is 0 Å². The first-order valence-electron chi connectivity index (χ1n) is 4.71. The van der Waals surface area contributed by atoms with Gasteiger partial charge in [-0.25, -0.2) is 0 Å². The second-order valence-electron chi connectivity index (χ2n) is 2.67. The number of allylic oxidation sites excluding steroid dienone is 1. The Kier molecular flexibility index (Phi) is 9.38. The molecule has 0 saturated carbocycles. The van der Waals surface area contributed by atoms with Crippen LogP contribution in [0.5, 0.6) is 0 Å². The van der Waals surface area contributed by atoms with Crippen LogP contribution in [0.15, 0.2) is 12.2 Å². The van der Waals surface area contributed by atoms with Crippen LogP contribution in [0.2, 0.25) is 0 Å². The average molecular weight is 244 g/mol. The van der Waals surface area contributed by atoms with Gasteiger partial charge in [0.25, 0.3) is 0 Å². The van der Waals surface area contributed by atoms with Crippen LogP contribution < -0.4 is 0 Å². The molecule has 0 aliphatic carbocycles. The molecule has 0 bridgehead atoms. The zero-order valence-electron chi connectivity index (χ0n) is 8.97. The van der Waals surface area contributed by atoms with Crippen LogP contribution in [0.4, 0.5) is 0 Å². The summed E-state index contributed by atoms with van der Waals surface area (Å²) in [7, 11) is -0.310. The Morgan fingerprint density at radius 2 is 2.00 bits per heavy atom. The maximum absolute atomic E-state index is 10.9. The van der Waals surface area contributed by atoms with Gasteiger partial charge in [0.05, 0.1) is 0 Å². The van der Waals surface area contributed by atoms with E-state index >= 15 is 0 Å². The molecule has 6 heteroatoms. The zero-order valence-corrected chi connectivity index (χ0v) is 9.87. The van der Waals surface area contributed by atoms with Crippen molar-refractivity contribution < 1.29 is 23.6 Å². The Hall–Kier alpha value is -1.31. The van der Waals surface area contributed by atoms with Crippen LogP contribution in [-0.4, -0.2) is 25.2 Å². The third kappa shape index (κ3) is 9.25. The summed E-state index contributed by atoms with van der Waals surface area (Å²) in [5, 5.41) is 0. The standard InChI is InChI=1S/C10H13O5P/c1-2-4-9(11)14-6-3-7-15-10(12)5-8-16-13/h2,4H,3,5-7H2,1H3. The van der Waals surface area contributed by atoms with Gasteiger partial charge >= 0.3 is 94.2 Å². The zero-order chi connectivity index (χ0) is 12.2. The summed E-state index contributed by atoms with van der Waals surface area (Å²) in [4.78, 5) is 21.7. The van der Waals surface area contributed by atoms with Gasteiger partial charge in [0.15, 0.2) is 0 Å². The molecule has 0 amide bonds. The van der Waals surface area contributed by atoms with Crippen molar-refractivity contribution in [3.8, 4) is 5.63 Å². The number of carbonyl (C=O) groups excluding carboxylic acids is 2. The van der Waals surface area contributed by atoms with Gasteiger partial charge in [-0.15, -0.1) is 0 Å². The Morgan fingerprint density at radius 3 is 2.62 bits per heavy atom. The second kappa shape index (κ2) is 10.2. The van der Waals surface area contributed by atoms with Crippen molar-refractivity contribution in [1.29, 1.82) is 0 Å². The molecule has 0 rings (SSSR count). The van der Waals surface area contributed by atoms with E-state index in [0.29, 0.717) is 6.42 Å². The molecule has 0 aromatic carbocycles. The number of hydrogen-bond acceptors (Lipinski definition) is 5. The van der Waals surface area contributed by atoms with E-state index in [1.807, 2.05) is 0 Å².